The minimum Gasteiger partial charge on any atom is -0.393 e. The van der Waals surface area contributed by atoms with Gasteiger partial charge in [-0.25, -0.2) is 0 Å². The van der Waals surface area contributed by atoms with Crippen LogP contribution < -0.4 is 0 Å². The van der Waals surface area contributed by atoms with E-state index >= 15 is 0 Å². The molecule has 0 bridgehead atoms. The fourth-order valence-corrected chi connectivity index (χ4v) is 2.83. The molecule has 0 radical (unpaired) electrons. The lowest BCUT2D eigenvalue weighted by Gasteiger charge is -2.07. The first-order chi connectivity index (χ1) is 11.8. The summed E-state index contributed by atoms with van der Waals surface area (Å²) in [7, 11) is -4.67. The summed E-state index contributed by atoms with van der Waals surface area (Å²) in [4.78, 5) is 11.0. The van der Waals surface area contributed by atoms with Crippen molar-refractivity contribution in [1.82, 2.24) is 0 Å². The van der Waals surface area contributed by atoms with Gasteiger partial charge in [-0.1, -0.05) is 64.0 Å². The average Bonchev–Trinajstić information content (AvgIpc) is 2.51. The number of hydrogen-bond donors (Lipinski definition) is 2. The molecule has 2 N–H and O–H groups in total. The molecule has 0 saturated heterocycles. The summed E-state index contributed by atoms with van der Waals surface area (Å²) < 4.78 is 32.8. The van der Waals surface area contributed by atoms with Crippen molar-refractivity contribution >= 4 is 16.4 Å². The third-order valence-corrected chi connectivity index (χ3v) is 4.31. The number of unbranched alkanes of at least 4 members (excludes halogenated alkanes) is 8. The third kappa shape index (κ3) is 19.3. The monoisotopic (exact) mass is 378 g/mol. The van der Waals surface area contributed by atoms with Crippen LogP contribution in [0.4, 0.5) is 0 Å². The second-order valence-corrected chi connectivity index (χ2v) is 7.42. The van der Waals surface area contributed by atoms with E-state index in [0.717, 1.165) is 51.4 Å². The highest BCUT2D eigenvalue weighted by atomic mass is 32.3. The number of rotatable bonds is 16. The number of carbonyl (C=O) groups excluding carboxylic acids is 1. The molecule has 0 aromatic carbocycles. The summed E-state index contributed by atoms with van der Waals surface area (Å²) in [6, 6.07) is 0. The van der Waals surface area contributed by atoms with Gasteiger partial charge in [-0.2, -0.15) is 8.42 Å². The van der Waals surface area contributed by atoms with Gasteiger partial charge in [0.05, 0.1) is 6.10 Å². The van der Waals surface area contributed by atoms with Gasteiger partial charge in [0.2, 0.25) is 0 Å². The Kier molecular flexibility index (Phi) is 14.8. The van der Waals surface area contributed by atoms with E-state index in [-0.39, 0.29) is 12.5 Å². The van der Waals surface area contributed by atoms with Gasteiger partial charge < -0.3 is 9.29 Å². The van der Waals surface area contributed by atoms with Gasteiger partial charge in [0.25, 0.3) is 0 Å². The predicted molar refractivity (Wildman–Crippen MR) is 98.5 cm³/mol. The third-order valence-electron chi connectivity index (χ3n) is 3.92. The van der Waals surface area contributed by atoms with Crippen molar-refractivity contribution in [1.29, 1.82) is 0 Å². The predicted octanol–water partition coefficient (Wildman–Crippen LogP) is 4.34. The Balaban J connectivity index is 3.41. The fourth-order valence-electron chi connectivity index (χ4n) is 2.52. The number of carbonyl (C=O) groups is 1. The Morgan fingerprint density at radius 2 is 1.64 bits per heavy atom. The van der Waals surface area contributed by atoms with E-state index in [1.807, 2.05) is 0 Å². The maximum Gasteiger partial charge on any atom is 0.448 e. The Morgan fingerprint density at radius 3 is 2.32 bits per heavy atom. The molecular formula is C18H34O6S. The second-order valence-electron chi connectivity index (χ2n) is 6.40. The molecule has 25 heavy (non-hydrogen) atoms. The van der Waals surface area contributed by atoms with Crippen molar-refractivity contribution in [3.63, 3.8) is 0 Å². The van der Waals surface area contributed by atoms with Crippen LogP contribution in [0.25, 0.3) is 0 Å². The molecule has 0 saturated carbocycles. The SMILES string of the molecule is CCCCCC[C@@H](O)CC=CCCCCCCCC(=O)OS(=O)(=O)O. The zero-order chi connectivity index (χ0) is 19.0. The molecule has 0 aromatic rings. The van der Waals surface area contributed by atoms with Crippen LogP contribution in [0.3, 0.4) is 0 Å². The van der Waals surface area contributed by atoms with Crippen molar-refractivity contribution in [3.05, 3.63) is 12.2 Å². The Bertz CT molecular complexity index is 458. The van der Waals surface area contributed by atoms with Crippen molar-refractivity contribution < 1.29 is 27.1 Å². The summed E-state index contributed by atoms with van der Waals surface area (Å²) >= 11 is 0. The van der Waals surface area contributed by atoms with Crippen molar-refractivity contribution in [2.45, 2.75) is 96.5 Å². The van der Waals surface area contributed by atoms with Crippen LogP contribution in [-0.2, 0) is 19.4 Å². The zero-order valence-electron chi connectivity index (χ0n) is 15.4. The van der Waals surface area contributed by atoms with E-state index in [2.05, 4.69) is 23.3 Å². The van der Waals surface area contributed by atoms with E-state index in [0.29, 0.717) is 6.42 Å². The van der Waals surface area contributed by atoms with E-state index in [9.17, 15) is 18.3 Å². The summed E-state index contributed by atoms with van der Waals surface area (Å²) in [6.07, 6.45) is 15.7. The molecule has 148 valence electrons. The molecule has 7 heteroatoms. The number of aliphatic hydroxyl groups is 1. The van der Waals surface area contributed by atoms with Gasteiger partial charge in [-0.05, 0) is 32.1 Å². The molecule has 0 fully saturated rings. The molecule has 6 nitrogen and oxygen atoms in total. The standard InChI is InChI=1S/C18H34O6S/c1-2-3-4-11-14-17(19)15-12-9-7-5-6-8-10-13-16-18(20)24-25(21,22)23/h9,12,17,19H,2-8,10-11,13-16H2,1H3,(H,21,22,23)/t17-/m1/s1. The van der Waals surface area contributed by atoms with Crippen LogP contribution in [0.15, 0.2) is 12.2 Å². The molecule has 0 rings (SSSR count). The highest BCUT2D eigenvalue weighted by molar-refractivity contribution is 7.81. The van der Waals surface area contributed by atoms with E-state index in [4.69, 9.17) is 4.55 Å². The second kappa shape index (κ2) is 15.3. The molecule has 0 aliphatic heterocycles. The maximum atomic E-state index is 11.0. The fraction of sp³-hybridized carbons (Fsp3) is 0.833. The molecule has 0 aliphatic carbocycles. The van der Waals surface area contributed by atoms with Crippen LogP contribution in [0.2, 0.25) is 0 Å². The molecule has 1 atom stereocenters. The van der Waals surface area contributed by atoms with Gasteiger partial charge in [0.15, 0.2) is 0 Å². The zero-order valence-corrected chi connectivity index (χ0v) is 16.2. The average molecular weight is 379 g/mol. The minimum absolute atomic E-state index is 0.00413. The lowest BCUT2D eigenvalue weighted by molar-refractivity contribution is -0.134. The highest BCUT2D eigenvalue weighted by Crippen LogP contribution is 2.11. The Labute approximate surface area is 152 Å². The quantitative estimate of drug-likeness (QED) is 0.235. The normalized spacial score (nSPS) is 13.2. The van der Waals surface area contributed by atoms with Gasteiger partial charge in [0, 0.05) is 6.42 Å². The van der Waals surface area contributed by atoms with Crippen molar-refractivity contribution in [2.75, 3.05) is 0 Å². The molecule has 0 spiro atoms. The molecule has 0 unspecified atom stereocenters. The largest absolute Gasteiger partial charge is 0.448 e. The number of allylic oxidation sites excluding steroid dienone is 1. The van der Waals surface area contributed by atoms with Gasteiger partial charge >= 0.3 is 16.4 Å². The topological polar surface area (TPSA) is 101 Å². The van der Waals surface area contributed by atoms with Crippen LogP contribution in [0.1, 0.15) is 90.4 Å². The van der Waals surface area contributed by atoms with Crippen molar-refractivity contribution in [2.24, 2.45) is 0 Å². The molecule has 0 aliphatic rings. The first-order valence-electron chi connectivity index (χ1n) is 9.38. The molecule has 0 amide bonds. The Morgan fingerprint density at radius 1 is 1.00 bits per heavy atom. The maximum absolute atomic E-state index is 11.0. The minimum atomic E-state index is -4.67. The summed E-state index contributed by atoms with van der Waals surface area (Å²) in [6.45, 7) is 2.18. The van der Waals surface area contributed by atoms with Crippen molar-refractivity contribution in [3.8, 4) is 0 Å². The van der Waals surface area contributed by atoms with E-state index in [1.54, 1.807) is 0 Å². The smallest absolute Gasteiger partial charge is 0.393 e. The van der Waals surface area contributed by atoms with Gasteiger partial charge in [0.1, 0.15) is 0 Å². The van der Waals surface area contributed by atoms with Gasteiger partial charge in [-0.3, -0.25) is 9.35 Å². The molecule has 0 heterocycles. The van der Waals surface area contributed by atoms with Crippen LogP contribution in [0.5, 0.6) is 0 Å². The summed E-state index contributed by atoms with van der Waals surface area (Å²) in [5.74, 6) is -0.918. The highest BCUT2D eigenvalue weighted by Gasteiger charge is 2.12. The Hall–Kier alpha value is -0.920. The summed E-state index contributed by atoms with van der Waals surface area (Å²) in [5, 5.41) is 9.82. The van der Waals surface area contributed by atoms with E-state index < -0.39 is 16.4 Å². The lowest BCUT2D eigenvalue weighted by Crippen LogP contribution is -2.11. The number of hydrogen-bond acceptors (Lipinski definition) is 5. The first kappa shape index (κ1) is 24.1. The van der Waals surface area contributed by atoms with Crippen LogP contribution >= 0.6 is 0 Å². The van der Waals surface area contributed by atoms with Gasteiger partial charge in [-0.15, -0.1) is 0 Å². The summed E-state index contributed by atoms with van der Waals surface area (Å²) in [5.41, 5.74) is 0. The number of aliphatic hydroxyl groups excluding tert-OH is 1. The lowest BCUT2D eigenvalue weighted by atomic mass is 10.1. The molecule has 0 aromatic heterocycles. The van der Waals surface area contributed by atoms with Crippen LogP contribution in [0, 0.1) is 0 Å². The molecular weight excluding hydrogens is 344 g/mol. The van der Waals surface area contributed by atoms with Crippen LogP contribution in [-0.4, -0.2) is 30.2 Å². The van der Waals surface area contributed by atoms with E-state index in [1.165, 1.54) is 19.3 Å². The first-order valence-corrected chi connectivity index (χ1v) is 10.7.